The number of benzene rings is 1. The Bertz CT molecular complexity index is 834. The molecule has 1 heterocycles. The van der Waals surface area contributed by atoms with E-state index in [4.69, 9.17) is 4.74 Å². The van der Waals surface area contributed by atoms with Gasteiger partial charge in [-0.15, -0.1) is 0 Å². The number of anilines is 2. The minimum absolute atomic E-state index is 0.0558. The normalized spacial score (nSPS) is 16.0. The summed E-state index contributed by atoms with van der Waals surface area (Å²) in [6, 6.07) is 6.73. The van der Waals surface area contributed by atoms with E-state index in [0.29, 0.717) is 37.2 Å². The van der Waals surface area contributed by atoms with E-state index < -0.39 is 17.7 Å². The second-order valence-corrected chi connectivity index (χ2v) is 9.22. The third-order valence-corrected chi connectivity index (χ3v) is 4.98. The summed E-state index contributed by atoms with van der Waals surface area (Å²) in [7, 11) is 0. The minimum atomic E-state index is -0.490. The van der Waals surface area contributed by atoms with Gasteiger partial charge in [0, 0.05) is 30.8 Å². The first-order valence-corrected chi connectivity index (χ1v) is 11.6. The molecule has 0 aliphatic carbocycles. The molecule has 1 aliphatic rings. The molecule has 1 aromatic rings. The summed E-state index contributed by atoms with van der Waals surface area (Å²) < 4.78 is 5.18. The van der Waals surface area contributed by atoms with Gasteiger partial charge in [0.1, 0.15) is 11.6 Å². The minimum Gasteiger partial charge on any atom is -0.444 e. The first-order valence-electron chi connectivity index (χ1n) is 11.6. The zero-order chi connectivity index (χ0) is 24.3. The molecular formula is C24H36N4O5. The van der Waals surface area contributed by atoms with Crippen molar-refractivity contribution in [3.8, 4) is 0 Å². The van der Waals surface area contributed by atoms with Crippen LogP contribution in [0.25, 0.3) is 0 Å². The van der Waals surface area contributed by atoms with E-state index in [2.05, 4.69) is 21.3 Å². The highest BCUT2D eigenvalue weighted by atomic mass is 16.6. The first kappa shape index (κ1) is 26.2. The number of alkyl carbamates (subject to hydrolysis) is 1. The molecule has 9 heteroatoms. The van der Waals surface area contributed by atoms with E-state index in [1.165, 1.54) is 0 Å². The molecule has 4 amide bonds. The Balaban J connectivity index is 1.58. The molecule has 1 atom stereocenters. The Labute approximate surface area is 195 Å². The van der Waals surface area contributed by atoms with Gasteiger partial charge in [-0.25, -0.2) is 4.79 Å². The number of carbonyl (C=O) groups is 4. The fourth-order valence-electron chi connectivity index (χ4n) is 3.39. The number of hydrogen-bond acceptors (Lipinski definition) is 6. The van der Waals surface area contributed by atoms with Crippen LogP contribution in [0.4, 0.5) is 16.2 Å². The van der Waals surface area contributed by atoms with Gasteiger partial charge >= 0.3 is 6.09 Å². The van der Waals surface area contributed by atoms with E-state index in [1.54, 1.807) is 18.2 Å². The number of rotatable bonds is 11. The predicted molar refractivity (Wildman–Crippen MR) is 127 cm³/mol. The third-order valence-electron chi connectivity index (χ3n) is 4.98. The zero-order valence-corrected chi connectivity index (χ0v) is 19.8. The molecule has 1 aliphatic heterocycles. The summed E-state index contributed by atoms with van der Waals surface area (Å²) >= 11 is 0. The largest absolute Gasteiger partial charge is 0.444 e. The summed E-state index contributed by atoms with van der Waals surface area (Å²) in [6.07, 6.45) is 5.37. The Morgan fingerprint density at radius 1 is 1.06 bits per heavy atom. The maximum atomic E-state index is 12.2. The van der Waals surface area contributed by atoms with Crippen LogP contribution in [0.15, 0.2) is 24.3 Å². The topological polar surface area (TPSA) is 126 Å². The lowest BCUT2D eigenvalue weighted by Gasteiger charge is -2.23. The van der Waals surface area contributed by atoms with Crippen molar-refractivity contribution in [3.63, 3.8) is 0 Å². The smallest absolute Gasteiger partial charge is 0.407 e. The molecule has 0 bridgehead atoms. The molecule has 2 rings (SSSR count). The van der Waals surface area contributed by atoms with E-state index in [0.717, 1.165) is 32.1 Å². The van der Waals surface area contributed by atoms with Gasteiger partial charge < -0.3 is 20.7 Å². The van der Waals surface area contributed by atoms with Gasteiger partial charge in [0.25, 0.3) is 0 Å². The molecule has 0 spiro atoms. The Hall–Kier alpha value is -3.10. The van der Waals surface area contributed by atoms with Crippen LogP contribution < -0.4 is 21.3 Å². The third kappa shape index (κ3) is 10.9. The van der Waals surface area contributed by atoms with E-state index >= 15 is 0 Å². The van der Waals surface area contributed by atoms with Gasteiger partial charge in [-0.1, -0.05) is 25.3 Å². The van der Waals surface area contributed by atoms with Crippen LogP contribution in [0, 0.1) is 0 Å². The number of carbonyl (C=O) groups excluding carboxylic acids is 4. The first-order chi connectivity index (χ1) is 15.6. The van der Waals surface area contributed by atoms with Crippen molar-refractivity contribution in [1.29, 1.82) is 0 Å². The summed E-state index contributed by atoms with van der Waals surface area (Å²) in [5.41, 5.74) is 0.878. The van der Waals surface area contributed by atoms with Gasteiger partial charge in [-0.3, -0.25) is 19.7 Å². The number of amides is 4. The van der Waals surface area contributed by atoms with Gasteiger partial charge in [-0.2, -0.15) is 0 Å². The Morgan fingerprint density at radius 2 is 1.76 bits per heavy atom. The molecule has 33 heavy (non-hydrogen) atoms. The van der Waals surface area contributed by atoms with Crippen molar-refractivity contribution >= 4 is 35.2 Å². The quantitative estimate of drug-likeness (QED) is 0.295. The molecule has 1 unspecified atom stereocenters. The average Bonchev–Trinajstić information content (AvgIpc) is 2.71. The lowest BCUT2D eigenvalue weighted by atomic mass is 10.1. The lowest BCUT2D eigenvalue weighted by Crippen LogP contribution is -2.47. The predicted octanol–water partition coefficient (Wildman–Crippen LogP) is 3.71. The monoisotopic (exact) mass is 460 g/mol. The summed E-state index contributed by atoms with van der Waals surface area (Å²) in [5, 5.41) is 11.1. The van der Waals surface area contributed by atoms with Crippen LogP contribution in [0.3, 0.4) is 0 Å². The Kier molecular flexibility index (Phi) is 10.2. The SMILES string of the molecule is CC(C)(C)OC(=O)NCCCCCCCC(=O)Nc1cccc(NC2CCC(=O)NC2=O)c1. The molecule has 1 aromatic carbocycles. The van der Waals surface area contributed by atoms with Gasteiger partial charge in [0.15, 0.2) is 0 Å². The van der Waals surface area contributed by atoms with Crippen LogP contribution in [-0.4, -0.2) is 42.0 Å². The molecule has 9 nitrogen and oxygen atoms in total. The lowest BCUT2D eigenvalue weighted by molar-refractivity contribution is -0.133. The highest BCUT2D eigenvalue weighted by molar-refractivity contribution is 6.01. The number of piperidine rings is 1. The maximum absolute atomic E-state index is 12.2. The maximum Gasteiger partial charge on any atom is 0.407 e. The van der Waals surface area contributed by atoms with Crippen LogP contribution >= 0.6 is 0 Å². The fraction of sp³-hybridized carbons (Fsp3) is 0.583. The molecule has 1 saturated heterocycles. The molecular weight excluding hydrogens is 424 g/mol. The summed E-state index contributed by atoms with van der Waals surface area (Å²) in [6.45, 7) is 6.08. The summed E-state index contributed by atoms with van der Waals surface area (Å²) in [4.78, 5) is 46.9. The van der Waals surface area contributed by atoms with Crippen LogP contribution in [0.1, 0.15) is 72.1 Å². The summed E-state index contributed by atoms with van der Waals surface area (Å²) in [5.74, 6) is -0.641. The van der Waals surface area contributed by atoms with Crippen molar-refractivity contribution < 1.29 is 23.9 Å². The molecule has 1 fully saturated rings. The van der Waals surface area contributed by atoms with E-state index in [1.807, 2.05) is 26.8 Å². The standard InChI is InChI=1S/C24H36N4O5/c1-24(2,3)33-23(32)25-15-8-6-4-5-7-12-20(29)27-18-11-9-10-17(16-18)26-19-13-14-21(30)28-22(19)31/h9-11,16,19,26H,4-8,12-15H2,1-3H3,(H,25,32)(H,27,29)(H,28,30,31). The molecule has 0 saturated carbocycles. The number of ether oxygens (including phenoxy) is 1. The molecule has 182 valence electrons. The molecule has 0 aromatic heterocycles. The highest BCUT2D eigenvalue weighted by Crippen LogP contribution is 2.19. The molecule has 4 N–H and O–H groups in total. The van der Waals surface area contributed by atoms with Gasteiger partial charge in [0.2, 0.25) is 17.7 Å². The van der Waals surface area contributed by atoms with E-state index in [9.17, 15) is 19.2 Å². The second kappa shape index (κ2) is 12.8. The number of nitrogens with one attached hydrogen (secondary N) is 4. The number of unbranched alkanes of at least 4 members (excludes halogenated alkanes) is 4. The van der Waals surface area contributed by atoms with Crippen molar-refractivity contribution in [1.82, 2.24) is 10.6 Å². The number of imide groups is 1. The fourth-order valence-corrected chi connectivity index (χ4v) is 3.39. The van der Waals surface area contributed by atoms with Gasteiger partial charge in [0.05, 0.1) is 0 Å². The highest BCUT2D eigenvalue weighted by Gasteiger charge is 2.26. The second-order valence-electron chi connectivity index (χ2n) is 9.22. The Morgan fingerprint density at radius 3 is 2.48 bits per heavy atom. The van der Waals surface area contributed by atoms with Crippen LogP contribution in [0.2, 0.25) is 0 Å². The average molecular weight is 461 g/mol. The van der Waals surface area contributed by atoms with Crippen LogP contribution in [0.5, 0.6) is 0 Å². The van der Waals surface area contributed by atoms with Crippen molar-refractivity contribution in [3.05, 3.63) is 24.3 Å². The van der Waals surface area contributed by atoms with Crippen molar-refractivity contribution in [2.24, 2.45) is 0 Å². The van der Waals surface area contributed by atoms with Gasteiger partial charge in [-0.05, 0) is 58.2 Å². The van der Waals surface area contributed by atoms with E-state index in [-0.39, 0.29) is 17.7 Å². The zero-order valence-electron chi connectivity index (χ0n) is 19.8. The van der Waals surface area contributed by atoms with Crippen molar-refractivity contribution in [2.45, 2.75) is 83.8 Å². The van der Waals surface area contributed by atoms with Crippen LogP contribution in [-0.2, 0) is 19.1 Å². The molecule has 0 radical (unpaired) electrons. The number of hydrogen-bond donors (Lipinski definition) is 4. The van der Waals surface area contributed by atoms with Crippen molar-refractivity contribution in [2.75, 3.05) is 17.2 Å².